The molecule has 0 amide bonds. The zero-order valence-corrected chi connectivity index (χ0v) is 13.1. The molecule has 0 aliphatic carbocycles. The molecule has 1 aliphatic heterocycles. The lowest BCUT2D eigenvalue weighted by atomic mass is 9.93. The second-order valence-corrected chi connectivity index (χ2v) is 5.66. The zero-order chi connectivity index (χ0) is 15.9. The van der Waals surface area contributed by atoms with E-state index in [-0.39, 0.29) is 0 Å². The van der Waals surface area contributed by atoms with Crippen molar-refractivity contribution in [3.8, 4) is 0 Å². The van der Waals surface area contributed by atoms with E-state index < -0.39 is 5.72 Å². The number of aromatic nitrogens is 3. The number of aryl methyl sites for hydroxylation is 1. The Morgan fingerprint density at radius 3 is 2.00 bits per heavy atom. The van der Waals surface area contributed by atoms with Gasteiger partial charge < -0.3 is 4.74 Å². The van der Waals surface area contributed by atoms with Crippen molar-refractivity contribution in [3.05, 3.63) is 89.2 Å². The molecule has 1 aromatic heterocycles. The quantitative estimate of drug-likeness (QED) is 0.724. The summed E-state index contributed by atoms with van der Waals surface area (Å²) in [5, 5.41) is 4.63. The van der Waals surface area contributed by atoms with Crippen molar-refractivity contribution in [1.82, 2.24) is 14.8 Å². The van der Waals surface area contributed by atoms with Gasteiger partial charge in [-0.15, -0.1) is 0 Å². The Hall–Kier alpha value is -2.88. The number of benzene rings is 2. The molecule has 2 heterocycles. The van der Waals surface area contributed by atoms with E-state index >= 15 is 0 Å². The van der Waals surface area contributed by atoms with Gasteiger partial charge in [-0.2, -0.15) is 9.78 Å². The highest BCUT2D eigenvalue weighted by Crippen LogP contribution is 2.40. The van der Waals surface area contributed by atoms with Crippen LogP contribution >= 0.6 is 0 Å². The van der Waals surface area contributed by atoms with Crippen molar-refractivity contribution in [3.63, 3.8) is 0 Å². The summed E-state index contributed by atoms with van der Waals surface area (Å²) in [6.45, 7) is 3.85. The Morgan fingerprint density at radius 2 is 1.43 bits per heavy atom. The highest BCUT2D eigenvalue weighted by Gasteiger charge is 2.43. The van der Waals surface area contributed by atoms with Crippen molar-refractivity contribution in [1.29, 1.82) is 0 Å². The molecule has 0 saturated heterocycles. The molecular weight excluding hydrogens is 286 g/mol. The van der Waals surface area contributed by atoms with Crippen LogP contribution in [-0.4, -0.2) is 14.8 Å². The fourth-order valence-corrected chi connectivity index (χ4v) is 3.10. The third-order valence-electron chi connectivity index (χ3n) is 4.01. The molecule has 1 aliphatic rings. The molecule has 23 heavy (non-hydrogen) atoms. The van der Waals surface area contributed by atoms with Crippen molar-refractivity contribution in [2.75, 3.05) is 0 Å². The summed E-state index contributed by atoms with van der Waals surface area (Å²) in [6, 6.07) is 20.3. The maximum Gasteiger partial charge on any atom is 0.255 e. The first kappa shape index (κ1) is 13.8. The SMILES string of the molecule is CC1=Cc2nc(C)nn2C(c2ccccc2)(c2ccccc2)O1. The molecule has 0 atom stereocenters. The normalized spacial score (nSPS) is 15.5. The van der Waals surface area contributed by atoms with Gasteiger partial charge in [0.05, 0.1) is 0 Å². The minimum absolute atomic E-state index is 0.728. The fraction of sp³-hybridized carbons (Fsp3) is 0.158. The lowest BCUT2D eigenvalue weighted by molar-refractivity contribution is -0.00779. The fourth-order valence-electron chi connectivity index (χ4n) is 3.10. The van der Waals surface area contributed by atoms with E-state index in [2.05, 4.69) is 34.3 Å². The lowest BCUT2D eigenvalue weighted by Gasteiger charge is -2.38. The highest BCUT2D eigenvalue weighted by atomic mass is 16.5. The summed E-state index contributed by atoms with van der Waals surface area (Å²) in [6.07, 6.45) is 1.92. The smallest absolute Gasteiger partial charge is 0.255 e. The monoisotopic (exact) mass is 303 g/mol. The van der Waals surface area contributed by atoms with E-state index in [0.717, 1.165) is 28.5 Å². The summed E-state index contributed by atoms with van der Waals surface area (Å²) in [5.74, 6) is 2.35. The number of ether oxygens (including phenoxy) is 1. The van der Waals surface area contributed by atoms with Crippen LogP contribution in [0, 0.1) is 6.92 Å². The van der Waals surface area contributed by atoms with Gasteiger partial charge in [0.2, 0.25) is 0 Å². The minimum atomic E-state index is -0.835. The Balaban J connectivity index is 2.07. The van der Waals surface area contributed by atoms with Gasteiger partial charge in [-0.25, -0.2) is 4.98 Å². The third kappa shape index (κ3) is 2.06. The van der Waals surface area contributed by atoms with E-state index in [1.807, 2.05) is 61.0 Å². The van der Waals surface area contributed by atoms with E-state index in [0.29, 0.717) is 0 Å². The average molecular weight is 303 g/mol. The number of hydrogen-bond donors (Lipinski definition) is 0. The maximum atomic E-state index is 6.41. The Bertz CT molecular complexity index is 827. The van der Waals surface area contributed by atoms with Gasteiger partial charge in [0.1, 0.15) is 11.6 Å². The molecule has 0 bridgehead atoms. The minimum Gasteiger partial charge on any atom is -0.462 e. The van der Waals surface area contributed by atoms with Crippen molar-refractivity contribution < 1.29 is 4.74 Å². The Kier molecular flexibility index (Phi) is 3.05. The lowest BCUT2D eigenvalue weighted by Crippen LogP contribution is -2.42. The first-order chi connectivity index (χ1) is 11.2. The molecule has 2 aromatic carbocycles. The molecular formula is C19H17N3O. The van der Waals surface area contributed by atoms with Crippen LogP contribution in [0.1, 0.15) is 29.7 Å². The van der Waals surface area contributed by atoms with Crippen molar-refractivity contribution in [2.24, 2.45) is 0 Å². The van der Waals surface area contributed by atoms with Gasteiger partial charge >= 0.3 is 0 Å². The predicted octanol–water partition coefficient (Wildman–Crippen LogP) is 3.73. The topological polar surface area (TPSA) is 39.9 Å². The van der Waals surface area contributed by atoms with Crippen LogP contribution in [0.15, 0.2) is 66.4 Å². The van der Waals surface area contributed by atoms with Gasteiger partial charge in [0.15, 0.2) is 5.82 Å². The van der Waals surface area contributed by atoms with E-state index in [1.165, 1.54) is 0 Å². The van der Waals surface area contributed by atoms with Crippen LogP contribution in [0.2, 0.25) is 0 Å². The molecule has 0 N–H and O–H groups in total. The summed E-state index contributed by atoms with van der Waals surface area (Å²) in [7, 11) is 0. The van der Waals surface area contributed by atoms with Crippen LogP contribution in [-0.2, 0) is 10.5 Å². The molecule has 4 nitrogen and oxygen atoms in total. The predicted molar refractivity (Wildman–Crippen MR) is 88.6 cm³/mol. The maximum absolute atomic E-state index is 6.41. The molecule has 4 heteroatoms. The van der Waals surface area contributed by atoms with Crippen LogP contribution < -0.4 is 0 Å². The molecule has 114 valence electrons. The number of allylic oxidation sites excluding steroid dienone is 1. The highest BCUT2D eigenvalue weighted by molar-refractivity contribution is 5.49. The summed E-state index contributed by atoms with van der Waals surface area (Å²) in [5.41, 5.74) is 1.20. The summed E-state index contributed by atoms with van der Waals surface area (Å²) in [4.78, 5) is 4.54. The summed E-state index contributed by atoms with van der Waals surface area (Å²) < 4.78 is 8.28. The Morgan fingerprint density at radius 1 is 0.870 bits per heavy atom. The number of fused-ring (bicyclic) bond motifs is 1. The second-order valence-electron chi connectivity index (χ2n) is 5.66. The summed E-state index contributed by atoms with van der Waals surface area (Å²) >= 11 is 0. The van der Waals surface area contributed by atoms with Gasteiger partial charge in [0.25, 0.3) is 5.72 Å². The van der Waals surface area contributed by atoms with Crippen LogP contribution in [0.3, 0.4) is 0 Å². The van der Waals surface area contributed by atoms with Gasteiger partial charge in [-0.3, -0.25) is 0 Å². The number of hydrogen-bond acceptors (Lipinski definition) is 3. The van der Waals surface area contributed by atoms with E-state index in [9.17, 15) is 0 Å². The standard InChI is InChI=1S/C19H17N3O/c1-14-13-18-20-15(2)21-22(18)19(23-14,16-9-5-3-6-10-16)17-11-7-4-8-12-17/h3-13H,1-2H3. The molecule has 0 spiro atoms. The van der Waals surface area contributed by atoms with Crippen LogP contribution in [0.25, 0.3) is 6.08 Å². The van der Waals surface area contributed by atoms with Gasteiger partial charge in [-0.05, 0) is 13.8 Å². The van der Waals surface area contributed by atoms with E-state index in [1.54, 1.807) is 0 Å². The average Bonchev–Trinajstić information content (AvgIpc) is 2.96. The van der Waals surface area contributed by atoms with Crippen molar-refractivity contribution >= 4 is 6.08 Å². The second kappa shape index (κ2) is 5.09. The molecule has 0 radical (unpaired) electrons. The first-order valence-electron chi connectivity index (χ1n) is 7.62. The van der Waals surface area contributed by atoms with E-state index in [4.69, 9.17) is 4.74 Å². The van der Waals surface area contributed by atoms with Crippen molar-refractivity contribution in [2.45, 2.75) is 19.6 Å². The first-order valence-corrected chi connectivity index (χ1v) is 7.62. The number of rotatable bonds is 2. The number of nitrogens with zero attached hydrogens (tertiary/aromatic N) is 3. The molecule has 0 unspecified atom stereocenters. The van der Waals surface area contributed by atoms with Crippen LogP contribution in [0.4, 0.5) is 0 Å². The third-order valence-corrected chi connectivity index (χ3v) is 4.01. The zero-order valence-electron chi connectivity index (χ0n) is 13.1. The molecule has 0 saturated carbocycles. The Labute approximate surface area is 135 Å². The molecule has 3 aromatic rings. The molecule has 0 fully saturated rings. The molecule has 4 rings (SSSR count). The van der Waals surface area contributed by atoms with Gasteiger partial charge in [0, 0.05) is 17.2 Å². The van der Waals surface area contributed by atoms with Gasteiger partial charge in [-0.1, -0.05) is 60.7 Å². The van der Waals surface area contributed by atoms with Crippen LogP contribution in [0.5, 0.6) is 0 Å². The largest absolute Gasteiger partial charge is 0.462 e.